The Morgan fingerprint density at radius 2 is 1.24 bits per heavy atom. The van der Waals surface area contributed by atoms with Crippen molar-refractivity contribution in [3.8, 4) is 45.3 Å². The van der Waals surface area contributed by atoms with Gasteiger partial charge in [0.25, 0.3) is 0 Å². The summed E-state index contributed by atoms with van der Waals surface area (Å²) in [6, 6.07) is 54.3. The molecule has 2 aromatic heterocycles. The summed E-state index contributed by atoms with van der Waals surface area (Å²) in [5.74, 6) is 2.90. The van der Waals surface area contributed by atoms with Gasteiger partial charge in [-0.2, -0.15) is 0 Å². The quantitative estimate of drug-likeness (QED) is 0.162. The summed E-state index contributed by atoms with van der Waals surface area (Å²) in [5, 5.41) is 5.17. The maximum Gasteiger partial charge on any atom is 0.333 e. The second-order valence-electron chi connectivity index (χ2n) is 21.5. The molecule has 6 heteroatoms. The van der Waals surface area contributed by atoms with Gasteiger partial charge in [0.05, 0.1) is 15.9 Å². The molecule has 3 aliphatic heterocycles. The summed E-state index contributed by atoms with van der Waals surface area (Å²) in [4.78, 5) is 2.55. The van der Waals surface area contributed by atoms with Crippen LogP contribution >= 0.6 is 11.3 Å². The predicted octanol–water partition coefficient (Wildman–Crippen LogP) is 15.8. The Kier molecular flexibility index (Phi) is 7.58. The Balaban J connectivity index is 1.15. The van der Waals surface area contributed by atoms with Crippen LogP contribution in [0.4, 0.5) is 17.1 Å². The van der Waals surface area contributed by atoms with Crippen LogP contribution in [0.15, 0.2) is 146 Å². The first-order chi connectivity index (χ1) is 31.8. The number of anilines is 3. The van der Waals surface area contributed by atoms with Crippen molar-refractivity contribution in [1.82, 2.24) is 4.48 Å². The van der Waals surface area contributed by atoms with Gasteiger partial charge in [0.1, 0.15) is 0 Å². The number of para-hydroxylation sites is 3. The minimum absolute atomic E-state index is 0.0465. The van der Waals surface area contributed by atoms with Gasteiger partial charge in [0.2, 0.25) is 0 Å². The molecule has 0 fully saturated rings. The van der Waals surface area contributed by atoms with Crippen LogP contribution in [0.5, 0.6) is 23.0 Å². The van der Waals surface area contributed by atoms with Crippen molar-refractivity contribution in [3.05, 3.63) is 162 Å². The minimum atomic E-state index is -0.167. The molecular weight excluding hydrogens is 824 g/mol. The average molecular weight is 873 g/mol. The van der Waals surface area contributed by atoms with Gasteiger partial charge in [0, 0.05) is 49.6 Å². The van der Waals surface area contributed by atoms with E-state index in [1.165, 1.54) is 110 Å². The first-order valence-electron chi connectivity index (χ1n) is 23.6. The molecular formula is C60H49BN2O2S. The second-order valence-corrected chi connectivity index (χ2v) is 22.6. The topological polar surface area (TPSA) is 26.6 Å². The molecule has 0 amide bonds. The Labute approximate surface area is 390 Å². The van der Waals surface area contributed by atoms with E-state index < -0.39 is 0 Å². The Morgan fingerprint density at radius 1 is 0.561 bits per heavy atom. The van der Waals surface area contributed by atoms with Gasteiger partial charge < -0.3 is 18.9 Å². The molecule has 14 rings (SSSR count). The highest BCUT2D eigenvalue weighted by molar-refractivity contribution is 7.27. The molecule has 66 heavy (non-hydrogen) atoms. The highest BCUT2D eigenvalue weighted by Crippen LogP contribution is 2.56. The second kappa shape index (κ2) is 13.0. The largest absolute Gasteiger partial charge is 0.450 e. The summed E-state index contributed by atoms with van der Waals surface area (Å²) in [7, 11) is 0. The minimum Gasteiger partial charge on any atom is -0.450 e. The van der Waals surface area contributed by atoms with Crippen molar-refractivity contribution >= 4 is 88.2 Å². The van der Waals surface area contributed by atoms with Crippen LogP contribution in [0, 0.1) is 0 Å². The van der Waals surface area contributed by atoms with Gasteiger partial charge in [-0.1, -0.05) is 139 Å². The molecule has 8 aromatic carbocycles. The normalized spacial score (nSPS) is 16.1. The van der Waals surface area contributed by atoms with Crippen LogP contribution in [0.1, 0.15) is 78.0 Å². The van der Waals surface area contributed by atoms with Crippen LogP contribution in [0.25, 0.3) is 64.2 Å². The van der Waals surface area contributed by atoms with Gasteiger partial charge >= 0.3 is 6.85 Å². The third-order valence-electron chi connectivity index (χ3n) is 15.6. The van der Waals surface area contributed by atoms with Crippen LogP contribution < -0.4 is 25.3 Å². The number of aromatic nitrogens is 1. The highest BCUT2D eigenvalue weighted by Gasteiger charge is 2.46. The number of fused-ring (bicyclic) bond motifs is 14. The van der Waals surface area contributed by atoms with Crippen molar-refractivity contribution in [2.45, 2.75) is 77.6 Å². The first-order valence-corrected chi connectivity index (χ1v) is 24.4. The standard InChI is InChI=1S/C60H49BN2O2S/c1-58(2,3)36-24-25-45(40(29-36)34-16-9-8-10-17-34)62-46-33-51-50(64-48-22-13-14-23-49(48)65-51)32-44(46)61-54-47(62)28-35-18-11-12-19-37(35)53(54)38-20-15-21-39-55(38)63(61)56-41-30-42-43(31-52(41)66-57(39)56)60(6,7)27-26-59(42,4)5/h8-25,28-33H,26-27H2,1-7H3. The van der Waals surface area contributed by atoms with Crippen LogP contribution in [-0.2, 0) is 16.2 Å². The zero-order valence-electron chi connectivity index (χ0n) is 38.5. The highest BCUT2D eigenvalue weighted by atomic mass is 32.1. The summed E-state index contributed by atoms with van der Waals surface area (Å²) in [6.07, 6.45) is 2.36. The third-order valence-corrected chi connectivity index (χ3v) is 16.8. The number of rotatable bonds is 2. The summed E-state index contributed by atoms with van der Waals surface area (Å²) >= 11 is 1.98. The SMILES string of the molecule is CC(C)(C)c1ccc(N2c3cc4c(cc3B3c5c2cc2ccccc2c5-c2cccc5c6sc7cc8c(cc7c6n3c25)C(C)(C)CCC8(C)C)Oc2ccccc2O4)c(-c2ccccc2)c1. The molecule has 0 bridgehead atoms. The predicted molar refractivity (Wildman–Crippen MR) is 279 cm³/mol. The molecule has 0 saturated heterocycles. The van der Waals surface area contributed by atoms with Crippen molar-refractivity contribution in [2.24, 2.45) is 0 Å². The first kappa shape index (κ1) is 38.5. The Hall–Kier alpha value is -6.76. The lowest BCUT2D eigenvalue weighted by Gasteiger charge is -2.42. The van der Waals surface area contributed by atoms with Gasteiger partial charge in [0.15, 0.2) is 23.0 Å². The number of nitrogens with zero attached hydrogens (tertiary/aromatic N) is 2. The van der Waals surface area contributed by atoms with Crippen LogP contribution in [0.3, 0.4) is 0 Å². The monoisotopic (exact) mass is 872 g/mol. The summed E-state index contributed by atoms with van der Waals surface area (Å²) < 4.78 is 19.1. The molecule has 4 nitrogen and oxygen atoms in total. The lowest BCUT2D eigenvalue weighted by Crippen LogP contribution is -2.56. The molecule has 10 aromatic rings. The molecule has 0 saturated carbocycles. The van der Waals surface area contributed by atoms with E-state index in [0.29, 0.717) is 5.75 Å². The lowest BCUT2D eigenvalue weighted by atomic mass is 9.44. The number of hydrogen-bond acceptors (Lipinski definition) is 4. The van der Waals surface area contributed by atoms with Crippen molar-refractivity contribution in [1.29, 1.82) is 0 Å². The van der Waals surface area contributed by atoms with E-state index in [4.69, 9.17) is 9.47 Å². The van der Waals surface area contributed by atoms with Gasteiger partial charge in [-0.25, -0.2) is 0 Å². The number of benzene rings is 8. The number of thiophene rings is 1. The molecule has 0 atom stereocenters. The smallest absolute Gasteiger partial charge is 0.333 e. The van der Waals surface area contributed by atoms with Gasteiger partial charge in [-0.05, 0) is 127 Å². The molecule has 0 radical (unpaired) electrons. The number of ether oxygens (including phenoxy) is 2. The van der Waals surface area contributed by atoms with Crippen molar-refractivity contribution < 1.29 is 9.47 Å². The van der Waals surface area contributed by atoms with E-state index in [1.807, 2.05) is 35.6 Å². The molecule has 1 aliphatic carbocycles. The van der Waals surface area contributed by atoms with E-state index in [1.54, 1.807) is 0 Å². The molecule has 0 unspecified atom stereocenters. The number of hydrogen-bond donors (Lipinski definition) is 0. The average Bonchev–Trinajstić information content (AvgIpc) is 3.85. The fourth-order valence-corrected chi connectivity index (χ4v) is 13.3. The fourth-order valence-electron chi connectivity index (χ4n) is 12.1. The maximum atomic E-state index is 6.85. The molecule has 320 valence electrons. The Morgan fingerprint density at radius 3 is 2.00 bits per heavy atom. The zero-order chi connectivity index (χ0) is 44.6. The van der Waals surface area contributed by atoms with Crippen LogP contribution in [0.2, 0.25) is 0 Å². The molecule has 4 aliphatic rings. The van der Waals surface area contributed by atoms with E-state index in [0.717, 1.165) is 28.6 Å². The van der Waals surface area contributed by atoms with E-state index in [9.17, 15) is 0 Å². The molecule has 5 heterocycles. The Bertz CT molecular complexity index is 3770. The third kappa shape index (κ3) is 5.17. The molecule has 0 spiro atoms. The van der Waals surface area contributed by atoms with Gasteiger partial charge in [-0.3, -0.25) is 0 Å². The van der Waals surface area contributed by atoms with E-state index in [2.05, 4.69) is 179 Å². The lowest BCUT2D eigenvalue weighted by molar-refractivity contribution is 0.332. The van der Waals surface area contributed by atoms with E-state index in [-0.39, 0.29) is 23.1 Å². The fraction of sp³-hybridized carbons (Fsp3) is 0.200. The van der Waals surface area contributed by atoms with Gasteiger partial charge in [-0.15, -0.1) is 11.3 Å². The van der Waals surface area contributed by atoms with Crippen molar-refractivity contribution in [3.63, 3.8) is 0 Å². The van der Waals surface area contributed by atoms with Crippen LogP contribution in [-0.4, -0.2) is 11.3 Å². The summed E-state index contributed by atoms with van der Waals surface area (Å²) in [6.45, 7) is 16.5. The summed E-state index contributed by atoms with van der Waals surface area (Å²) in [5.41, 5.74) is 17.9. The maximum absolute atomic E-state index is 6.85. The van der Waals surface area contributed by atoms with Crippen molar-refractivity contribution in [2.75, 3.05) is 4.90 Å². The molecule has 0 N–H and O–H groups in total. The zero-order valence-corrected chi connectivity index (χ0v) is 39.3. The van der Waals surface area contributed by atoms with E-state index >= 15 is 0 Å².